The Morgan fingerprint density at radius 3 is 1.21 bits per heavy atom. The predicted octanol–water partition coefficient (Wildman–Crippen LogP) is 22.6. The van der Waals surface area contributed by atoms with Crippen LogP contribution in [0.25, 0.3) is 67.5 Å². The maximum Gasteiger partial charge on any atom is 0.143 e. The standard InChI is InChI=1S/C84H55F2NO3/c1-3-54-23-41-66(42-24-54)88-68-45-31-59(32-46-68)83(57-27-35-61(85)36-28-57)77-20-8-5-15-71(77)73-49-39-64(52-79(73)83)87(63-14-11-13-56(51-63)70-18-12-19-76-75-17-7-10-22-81(75)90-82(70)76)65-40-50-74-72-16-6-9-21-78(72)84(80(74)53-65,58-29-37-62(86)38-30-58)60-33-47-69(48-34-60)89-67-43-25-55(4-2)26-44-67/h3-53H,1-2H2. The fourth-order valence-electron chi connectivity index (χ4n) is 14.2. The molecule has 90 heavy (non-hydrogen) atoms. The molecule has 16 rings (SSSR count). The van der Waals surface area contributed by atoms with Crippen LogP contribution < -0.4 is 14.4 Å². The lowest BCUT2D eigenvalue weighted by molar-refractivity contribution is 0.482. The smallest absolute Gasteiger partial charge is 0.143 e. The fraction of sp³-hybridized carbons (Fsp3) is 0.0238. The van der Waals surface area contributed by atoms with Crippen LogP contribution in [0.5, 0.6) is 23.0 Å². The van der Waals surface area contributed by atoms with Crippen molar-refractivity contribution in [2.24, 2.45) is 0 Å². The second kappa shape index (κ2) is 21.7. The molecule has 0 amide bonds. The lowest BCUT2D eigenvalue weighted by Crippen LogP contribution is -2.29. The summed E-state index contributed by atoms with van der Waals surface area (Å²) in [7, 11) is 0. The van der Waals surface area contributed by atoms with Gasteiger partial charge in [0.25, 0.3) is 0 Å². The molecule has 0 saturated carbocycles. The minimum absolute atomic E-state index is 0.320. The van der Waals surface area contributed by atoms with Gasteiger partial charge in [-0.05, 0) is 199 Å². The van der Waals surface area contributed by atoms with Crippen molar-refractivity contribution in [3.05, 3.63) is 378 Å². The molecule has 0 bridgehead atoms. The van der Waals surface area contributed by atoms with Gasteiger partial charge >= 0.3 is 0 Å². The van der Waals surface area contributed by atoms with Crippen molar-refractivity contribution in [3.8, 4) is 56.4 Å². The molecular formula is C84H55F2NO3. The molecule has 0 spiro atoms. The largest absolute Gasteiger partial charge is 0.457 e. The van der Waals surface area contributed by atoms with Crippen molar-refractivity contribution in [2.45, 2.75) is 10.8 Å². The lowest BCUT2D eigenvalue weighted by atomic mass is 9.67. The quantitative estimate of drug-likeness (QED) is 0.109. The number of anilines is 3. The second-order valence-corrected chi connectivity index (χ2v) is 23.0. The Morgan fingerprint density at radius 2 is 0.722 bits per heavy atom. The van der Waals surface area contributed by atoms with Crippen LogP contribution in [0.1, 0.15) is 55.6 Å². The molecule has 14 aromatic rings. The Hall–Kier alpha value is -11.6. The molecule has 2 unspecified atom stereocenters. The van der Waals surface area contributed by atoms with Crippen LogP contribution >= 0.6 is 0 Å². The van der Waals surface area contributed by atoms with E-state index in [9.17, 15) is 0 Å². The van der Waals surface area contributed by atoms with E-state index >= 15 is 8.78 Å². The van der Waals surface area contributed by atoms with E-state index in [0.29, 0.717) is 23.0 Å². The zero-order chi connectivity index (χ0) is 60.5. The van der Waals surface area contributed by atoms with Crippen LogP contribution in [-0.2, 0) is 10.8 Å². The highest BCUT2D eigenvalue weighted by molar-refractivity contribution is 6.09. The molecule has 0 saturated heterocycles. The lowest BCUT2D eigenvalue weighted by Gasteiger charge is -2.36. The zero-order valence-corrected chi connectivity index (χ0v) is 48.8. The predicted molar refractivity (Wildman–Crippen MR) is 362 cm³/mol. The highest BCUT2D eigenvalue weighted by Crippen LogP contribution is 2.60. The summed E-state index contributed by atoms with van der Waals surface area (Å²) in [5.74, 6) is 2.14. The number of ether oxygens (including phenoxy) is 2. The first-order chi connectivity index (χ1) is 44.3. The van der Waals surface area contributed by atoms with Gasteiger partial charge in [-0.15, -0.1) is 0 Å². The van der Waals surface area contributed by atoms with Crippen molar-refractivity contribution in [3.63, 3.8) is 0 Å². The van der Waals surface area contributed by atoms with E-state index in [1.807, 2.05) is 127 Å². The Kier molecular flexibility index (Phi) is 13.0. The Morgan fingerprint density at radius 1 is 0.333 bits per heavy atom. The Bertz CT molecular complexity index is 4860. The second-order valence-electron chi connectivity index (χ2n) is 23.0. The summed E-state index contributed by atoms with van der Waals surface area (Å²) in [6.45, 7) is 7.83. The summed E-state index contributed by atoms with van der Waals surface area (Å²) in [5, 5.41) is 2.10. The van der Waals surface area contributed by atoms with E-state index in [1.165, 1.54) is 0 Å². The molecule has 2 aliphatic carbocycles. The topological polar surface area (TPSA) is 34.8 Å². The number of hydrogen-bond donors (Lipinski definition) is 0. The number of benzene rings is 13. The van der Waals surface area contributed by atoms with Crippen molar-refractivity contribution >= 4 is 51.2 Å². The van der Waals surface area contributed by atoms with E-state index < -0.39 is 10.8 Å². The molecule has 4 nitrogen and oxygen atoms in total. The molecular weight excluding hydrogens is 1110 g/mol. The van der Waals surface area contributed by atoms with E-state index in [-0.39, 0.29) is 11.6 Å². The molecule has 0 fully saturated rings. The zero-order valence-electron chi connectivity index (χ0n) is 48.8. The molecule has 428 valence electrons. The highest BCUT2D eigenvalue weighted by atomic mass is 19.1. The summed E-state index contributed by atoms with van der Waals surface area (Å²) in [6, 6.07) is 100. The van der Waals surface area contributed by atoms with Crippen molar-refractivity contribution in [2.75, 3.05) is 4.90 Å². The third kappa shape index (κ3) is 8.70. The molecule has 0 radical (unpaired) electrons. The van der Waals surface area contributed by atoms with Gasteiger partial charge in [0.15, 0.2) is 0 Å². The summed E-state index contributed by atoms with van der Waals surface area (Å²) in [6.07, 6.45) is 3.62. The minimum Gasteiger partial charge on any atom is -0.457 e. The molecule has 6 heteroatoms. The molecule has 0 N–H and O–H groups in total. The number of fused-ring (bicyclic) bond motifs is 9. The summed E-state index contributed by atoms with van der Waals surface area (Å²) >= 11 is 0. The minimum atomic E-state index is -0.924. The van der Waals surface area contributed by atoms with Gasteiger partial charge in [-0.3, -0.25) is 0 Å². The molecule has 13 aromatic carbocycles. The molecule has 0 aliphatic heterocycles. The normalized spacial score (nSPS) is 15.2. The highest BCUT2D eigenvalue weighted by Gasteiger charge is 2.48. The van der Waals surface area contributed by atoms with Gasteiger partial charge in [0.2, 0.25) is 0 Å². The van der Waals surface area contributed by atoms with Gasteiger partial charge in [-0.25, -0.2) is 8.78 Å². The van der Waals surface area contributed by atoms with Crippen LogP contribution in [0, 0.1) is 11.6 Å². The van der Waals surface area contributed by atoms with Crippen LogP contribution in [0.15, 0.2) is 315 Å². The van der Waals surface area contributed by atoms with Gasteiger partial charge in [0.05, 0.1) is 10.8 Å². The van der Waals surface area contributed by atoms with Crippen molar-refractivity contribution < 1.29 is 22.7 Å². The average molecular weight is 1160 g/mol. The number of nitrogens with zero attached hydrogens (tertiary/aromatic N) is 1. The van der Waals surface area contributed by atoms with E-state index in [2.05, 4.69) is 176 Å². The van der Waals surface area contributed by atoms with E-state index in [4.69, 9.17) is 13.9 Å². The number of furan rings is 1. The van der Waals surface area contributed by atoms with Crippen LogP contribution in [0.3, 0.4) is 0 Å². The first-order valence-electron chi connectivity index (χ1n) is 30.1. The molecule has 1 heterocycles. The maximum atomic E-state index is 15.4. The summed E-state index contributed by atoms with van der Waals surface area (Å²) < 4.78 is 50.4. The van der Waals surface area contributed by atoms with E-state index in [1.54, 1.807) is 24.3 Å². The SMILES string of the molecule is C=Cc1ccc(Oc2ccc(C3(c4ccc(F)cc4)c4ccccc4-c4ccc(N(c5cccc(-c6cccc7c6oc6ccccc67)c5)c5ccc6c(c5)C(c5ccc(F)cc5)(c5ccc(Oc7ccc(C=C)cc7)cc5)c5ccccc5-6)cc43)cc2)cc1. The van der Waals surface area contributed by atoms with Gasteiger partial charge in [0, 0.05) is 33.4 Å². The van der Waals surface area contributed by atoms with Gasteiger partial charge in [-0.2, -0.15) is 0 Å². The van der Waals surface area contributed by atoms with Crippen molar-refractivity contribution in [1.82, 2.24) is 0 Å². The van der Waals surface area contributed by atoms with Crippen LogP contribution in [-0.4, -0.2) is 0 Å². The van der Waals surface area contributed by atoms with E-state index in [0.717, 1.165) is 128 Å². The van der Waals surface area contributed by atoms with Crippen LogP contribution in [0.2, 0.25) is 0 Å². The third-order valence-corrected chi connectivity index (χ3v) is 18.2. The molecule has 1 aromatic heterocycles. The fourth-order valence-corrected chi connectivity index (χ4v) is 14.2. The Balaban J connectivity index is 0.919. The summed E-state index contributed by atoms with van der Waals surface area (Å²) in [5.41, 5.74) is 18.7. The third-order valence-electron chi connectivity index (χ3n) is 18.2. The molecule has 2 atom stereocenters. The first kappa shape index (κ1) is 53.8. The number of rotatable bonds is 14. The Labute approximate surface area is 520 Å². The maximum absolute atomic E-state index is 15.4. The number of para-hydroxylation sites is 2. The summed E-state index contributed by atoms with van der Waals surface area (Å²) in [4.78, 5) is 2.35. The van der Waals surface area contributed by atoms with Gasteiger partial charge in [0.1, 0.15) is 45.8 Å². The van der Waals surface area contributed by atoms with Gasteiger partial charge < -0.3 is 18.8 Å². The monoisotopic (exact) mass is 1160 g/mol. The first-order valence-corrected chi connectivity index (χ1v) is 30.1. The number of halogens is 2. The van der Waals surface area contributed by atoms with Crippen LogP contribution in [0.4, 0.5) is 25.8 Å². The average Bonchev–Trinajstić information content (AvgIpc) is 1.53. The van der Waals surface area contributed by atoms with Crippen molar-refractivity contribution in [1.29, 1.82) is 0 Å². The number of hydrogen-bond acceptors (Lipinski definition) is 4. The molecule has 2 aliphatic rings. The van der Waals surface area contributed by atoms with Gasteiger partial charge in [-0.1, -0.05) is 207 Å².